The molecule has 2 atom stereocenters. The molecular formula is C55H67N5O8S. The van der Waals surface area contributed by atoms with Crippen LogP contribution in [0.2, 0.25) is 0 Å². The summed E-state index contributed by atoms with van der Waals surface area (Å²) in [7, 11) is 2.03. The van der Waals surface area contributed by atoms with Crippen LogP contribution in [0.25, 0.3) is 21.6 Å². The molecule has 14 heteroatoms. The summed E-state index contributed by atoms with van der Waals surface area (Å²) in [5.74, 6) is -0.802. The van der Waals surface area contributed by atoms with Gasteiger partial charge in [-0.3, -0.25) is 19.2 Å². The van der Waals surface area contributed by atoms with E-state index in [2.05, 4.69) is 88.1 Å². The molecule has 1 saturated heterocycles. The van der Waals surface area contributed by atoms with Crippen LogP contribution in [-0.4, -0.2) is 123 Å². The van der Waals surface area contributed by atoms with Gasteiger partial charge in [0.05, 0.1) is 55.7 Å². The number of aryl methyl sites for hydroxylation is 1. The molecule has 69 heavy (non-hydrogen) atoms. The molecule has 1 aromatic heterocycles. The van der Waals surface area contributed by atoms with Gasteiger partial charge in [-0.25, -0.2) is 4.98 Å². The van der Waals surface area contributed by atoms with Crippen LogP contribution in [0.4, 0.5) is 0 Å². The van der Waals surface area contributed by atoms with Crippen molar-refractivity contribution in [3.8, 4) is 16.2 Å². The van der Waals surface area contributed by atoms with Crippen LogP contribution in [0.5, 0.6) is 5.75 Å². The molecule has 13 nitrogen and oxygen atoms in total. The van der Waals surface area contributed by atoms with Crippen molar-refractivity contribution in [3.63, 3.8) is 0 Å². The summed E-state index contributed by atoms with van der Waals surface area (Å²) in [6.45, 7) is 13.1. The fourth-order valence-electron chi connectivity index (χ4n) is 8.09. The summed E-state index contributed by atoms with van der Waals surface area (Å²) >= 11 is 1.57. The highest BCUT2D eigenvalue weighted by Gasteiger charge is 2.44. The standard InChI is InChI=1S/C55H67N5O8S/c1-7-47(41-14-10-8-11-15-41)50(42-16-12-9-13-17-42)43-22-24-46(25-23-43)68-29-27-59(6)26-28-65-30-31-66-32-33-67-37-49(62)58-52(55(3,4)5)54(64)60-36-45(61)34-48(60)53(63)56-35-40-18-20-44(21-19-40)51-39(2)57-38-69-51/h8-25,38,48,52H,7,26-37H2,1-6H3,(H,56,63)(H,58,62)/b50-47-/t48-,52+/m0/s1. The summed E-state index contributed by atoms with van der Waals surface area (Å²) in [5, 5.41) is 5.68. The smallest absolute Gasteiger partial charge is 0.246 e. The molecule has 0 aliphatic carbocycles. The van der Waals surface area contributed by atoms with Crippen LogP contribution < -0.4 is 15.4 Å². The molecule has 0 spiro atoms. The van der Waals surface area contributed by atoms with E-state index < -0.39 is 35.2 Å². The van der Waals surface area contributed by atoms with Crippen LogP contribution in [0.1, 0.15) is 68.5 Å². The summed E-state index contributed by atoms with van der Waals surface area (Å²) in [6.07, 6.45) is 0.818. The summed E-state index contributed by atoms with van der Waals surface area (Å²) in [6, 6.07) is 35.3. The number of hydrogen-bond donors (Lipinski definition) is 2. The highest BCUT2D eigenvalue weighted by Crippen LogP contribution is 2.35. The zero-order valence-electron chi connectivity index (χ0n) is 40.8. The topological polar surface area (TPSA) is 149 Å². The minimum Gasteiger partial charge on any atom is -0.492 e. The number of likely N-dealkylation sites (N-methyl/N-ethyl adjacent to an activating group) is 1. The minimum absolute atomic E-state index is 0.0884. The number of rotatable bonds is 25. The highest BCUT2D eigenvalue weighted by molar-refractivity contribution is 7.13. The second-order valence-electron chi connectivity index (χ2n) is 18.2. The molecular weight excluding hydrogens is 891 g/mol. The van der Waals surface area contributed by atoms with Gasteiger partial charge in [0.1, 0.15) is 31.0 Å². The number of ketones is 1. The van der Waals surface area contributed by atoms with Crippen molar-refractivity contribution in [1.82, 2.24) is 25.4 Å². The first-order chi connectivity index (χ1) is 33.3. The Labute approximate surface area is 411 Å². The number of Topliss-reactive ketones (excluding diaryl/α,β-unsaturated/α-hetero) is 1. The zero-order valence-corrected chi connectivity index (χ0v) is 41.6. The maximum absolute atomic E-state index is 13.9. The van der Waals surface area contributed by atoms with E-state index in [0.717, 1.165) is 52.5 Å². The van der Waals surface area contributed by atoms with Crippen molar-refractivity contribution in [2.24, 2.45) is 5.41 Å². The number of carbonyl (C=O) groups is 4. The van der Waals surface area contributed by atoms with Gasteiger partial charge in [0.25, 0.3) is 0 Å². The number of likely N-dealkylation sites (tertiary alicyclic amines) is 1. The average Bonchev–Trinajstić information content (AvgIpc) is 3.97. The molecule has 0 unspecified atom stereocenters. The Kier molecular flexibility index (Phi) is 19.8. The van der Waals surface area contributed by atoms with Crippen molar-refractivity contribution in [1.29, 1.82) is 0 Å². The van der Waals surface area contributed by atoms with E-state index in [0.29, 0.717) is 26.4 Å². The SMILES string of the molecule is CC/C(=C(\c1ccccc1)c1ccc(OCCN(C)CCOCCOCCOCC(=O)N[C@H](C(=O)N2CC(=O)C[C@H]2C(=O)NCc2ccc(-c3scnc3C)cc2)C(C)(C)C)cc1)c1ccccc1. The molecule has 2 N–H and O–H groups in total. The third-order valence-corrected chi connectivity index (χ3v) is 12.9. The van der Waals surface area contributed by atoms with Gasteiger partial charge in [-0.1, -0.05) is 125 Å². The van der Waals surface area contributed by atoms with Crippen LogP contribution in [0.15, 0.2) is 115 Å². The van der Waals surface area contributed by atoms with E-state index in [-0.39, 0.29) is 45.1 Å². The monoisotopic (exact) mass is 957 g/mol. The van der Waals surface area contributed by atoms with Crippen molar-refractivity contribution >= 4 is 46.0 Å². The molecule has 366 valence electrons. The number of aromatic nitrogens is 1. The Morgan fingerprint density at radius 1 is 0.797 bits per heavy atom. The largest absolute Gasteiger partial charge is 0.492 e. The van der Waals surface area contributed by atoms with E-state index in [9.17, 15) is 19.2 Å². The molecule has 0 saturated carbocycles. The number of ether oxygens (including phenoxy) is 4. The molecule has 3 amide bonds. The summed E-state index contributed by atoms with van der Waals surface area (Å²) in [4.78, 5) is 61.7. The first kappa shape index (κ1) is 52.3. The van der Waals surface area contributed by atoms with E-state index in [4.69, 9.17) is 18.9 Å². The molecule has 1 aliphatic heterocycles. The van der Waals surface area contributed by atoms with Crippen molar-refractivity contribution in [3.05, 3.63) is 143 Å². The van der Waals surface area contributed by atoms with E-state index in [1.165, 1.54) is 27.2 Å². The first-order valence-electron chi connectivity index (χ1n) is 23.7. The van der Waals surface area contributed by atoms with Crippen molar-refractivity contribution in [2.75, 3.05) is 72.9 Å². The van der Waals surface area contributed by atoms with Crippen LogP contribution in [-0.2, 0) is 39.9 Å². The van der Waals surface area contributed by atoms with E-state index >= 15 is 0 Å². The number of benzene rings is 4. The third-order valence-electron chi connectivity index (χ3n) is 11.9. The molecule has 2 heterocycles. The second-order valence-corrected chi connectivity index (χ2v) is 19.0. The average molecular weight is 958 g/mol. The van der Waals surface area contributed by atoms with Crippen LogP contribution in [0, 0.1) is 12.3 Å². The van der Waals surface area contributed by atoms with Crippen molar-refractivity contribution in [2.45, 2.75) is 66.1 Å². The van der Waals surface area contributed by atoms with Gasteiger partial charge >= 0.3 is 0 Å². The lowest BCUT2D eigenvalue weighted by atomic mass is 9.85. The van der Waals surface area contributed by atoms with Gasteiger partial charge < -0.3 is 39.4 Å². The highest BCUT2D eigenvalue weighted by atomic mass is 32.1. The molecule has 1 aliphatic rings. The lowest BCUT2D eigenvalue weighted by Gasteiger charge is -2.35. The number of allylic oxidation sites excluding steroid dienone is 1. The van der Waals surface area contributed by atoms with Gasteiger partial charge in [0, 0.05) is 26.1 Å². The first-order valence-corrected chi connectivity index (χ1v) is 24.6. The quantitative estimate of drug-likeness (QED) is 0.0438. The number of nitrogens with one attached hydrogen (secondary N) is 2. The Morgan fingerprint density at radius 2 is 1.41 bits per heavy atom. The summed E-state index contributed by atoms with van der Waals surface area (Å²) < 4.78 is 23.1. The Bertz CT molecular complexity index is 2450. The van der Waals surface area contributed by atoms with Gasteiger partial charge in [0.2, 0.25) is 17.7 Å². The van der Waals surface area contributed by atoms with E-state index in [1.54, 1.807) is 11.3 Å². The van der Waals surface area contributed by atoms with Crippen LogP contribution >= 0.6 is 11.3 Å². The predicted molar refractivity (Wildman–Crippen MR) is 272 cm³/mol. The minimum atomic E-state index is -0.994. The number of carbonyl (C=O) groups excluding carboxylic acids is 4. The predicted octanol–water partition coefficient (Wildman–Crippen LogP) is 7.87. The Balaban J connectivity index is 0.836. The number of amides is 3. The molecule has 6 rings (SSSR count). The number of thiazole rings is 1. The lowest BCUT2D eigenvalue weighted by molar-refractivity contribution is -0.144. The van der Waals surface area contributed by atoms with E-state index in [1.807, 2.05) is 88.8 Å². The number of nitrogens with zero attached hydrogens (tertiary/aromatic N) is 3. The van der Waals surface area contributed by atoms with Crippen molar-refractivity contribution < 1.29 is 38.1 Å². The molecule has 5 aromatic rings. The maximum Gasteiger partial charge on any atom is 0.246 e. The fourth-order valence-corrected chi connectivity index (χ4v) is 8.90. The lowest BCUT2D eigenvalue weighted by Crippen LogP contribution is -2.58. The van der Waals surface area contributed by atoms with Crippen LogP contribution in [0.3, 0.4) is 0 Å². The Hall–Kier alpha value is -6.03. The van der Waals surface area contributed by atoms with Gasteiger partial charge in [-0.2, -0.15) is 0 Å². The van der Waals surface area contributed by atoms with Gasteiger partial charge in [-0.15, -0.1) is 11.3 Å². The maximum atomic E-state index is 13.9. The van der Waals surface area contributed by atoms with Gasteiger partial charge in [0.15, 0.2) is 5.78 Å². The van der Waals surface area contributed by atoms with Gasteiger partial charge in [-0.05, 0) is 76.9 Å². The normalized spacial score (nSPS) is 14.7. The molecule has 1 fully saturated rings. The molecule has 0 radical (unpaired) electrons. The second kappa shape index (κ2) is 26.1. The number of hydrogen-bond acceptors (Lipinski definition) is 11. The Morgan fingerprint density at radius 3 is 2.03 bits per heavy atom. The molecule has 0 bridgehead atoms. The zero-order chi connectivity index (χ0) is 49.2. The molecule has 4 aromatic carbocycles. The fraction of sp³-hybridized carbons (Fsp3) is 0.400. The summed E-state index contributed by atoms with van der Waals surface area (Å²) in [5.41, 5.74) is 10.1. The third kappa shape index (κ3) is 15.5.